The molecule has 0 saturated carbocycles. The molecule has 6 nitrogen and oxygen atoms in total. The van der Waals surface area contributed by atoms with Gasteiger partial charge in [0.15, 0.2) is 0 Å². The van der Waals surface area contributed by atoms with Gasteiger partial charge in [0.25, 0.3) is 0 Å². The van der Waals surface area contributed by atoms with Gasteiger partial charge in [0.05, 0.1) is 11.4 Å². The van der Waals surface area contributed by atoms with Crippen LogP contribution < -0.4 is 15.0 Å². The minimum Gasteiger partial charge on any atom is -0.503 e. The molecule has 0 N–H and O–H groups in total. The summed E-state index contributed by atoms with van der Waals surface area (Å²) in [6.45, 7) is 22.7. The molecule has 1 aliphatic heterocycles. The number of para-hydroxylation sites is 1. The van der Waals surface area contributed by atoms with Crippen molar-refractivity contribution in [2.24, 2.45) is 0 Å². The zero-order valence-corrected chi connectivity index (χ0v) is 45.9. The summed E-state index contributed by atoms with van der Waals surface area (Å²) in [6, 6.07) is 60.4. The molecule has 0 fully saturated rings. The maximum absolute atomic E-state index is 6.94. The molecule has 3 aromatic heterocycles. The van der Waals surface area contributed by atoms with Gasteiger partial charge in [-0.25, -0.2) is 4.98 Å². The van der Waals surface area contributed by atoms with Gasteiger partial charge >= 0.3 is 28.0 Å². The molecule has 2 aliphatic rings. The molecule has 10 aromatic rings. The van der Waals surface area contributed by atoms with Crippen molar-refractivity contribution in [3.63, 3.8) is 0 Å². The third-order valence-corrected chi connectivity index (χ3v) is 15.1. The van der Waals surface area contributed by atoms with Crippen molar-refractivity contribution >= 4 is 39.9 Å². The van der Waals surface area contributed by atoms with E-state index >= 15 is 0 Å². The second-order valence-electron chi connectivity index (χ2n) is 22.5. The number of fused-ring (bicyclic) bond motifs is 15. The summed E-state index contributed by atoms with van der Waals surface area (Å²) in [5.41, 5.74) is 19.3. The van der Waals surface area contributed by atoms with Gasteiger partial charge in [0.1, 0.15) is 5.82 Å². The van der Waals surface area contributed by atoms with Crippen LogP contribution >= 0.6 is 0 Å². The number of rotatable bonds is 6. The van der Waals surface area contributed by atoms with Crippen molar-refractivity contribution in [1.82, 2.24) is 19.0 Å². The van der Waals surface area contributed by atoms with Gasteiger partial charge in [0.2, 0.25) is 0 Å². The summed E-state index contributed by atoms with van der Waals surface area (Å²) in [7, 11) is 2.25. The van der Waals surface area contributed by atoms with Crippen molar-refractivity contribution in [1.29, 1.82) is 0 Å². The average Bonchev–Trinajstić information content (AvgIpc) is 3.91. The first kappa shape index (κ1) is 48.3. The van der Waals surface area contributed by atoms with E-state index in [2.05, 4.69) is 242 Å². The van der Waals surface area contributed by atoms with E-state index in [1.165, 1.54) is 55.5 Å². The fourth-order valence-corrected chi connectivity index (χ4v) is 11.6. The quantitative estimate of drug-likeness (QED) is 0.123. The third kappa shape index (κ3) is 7.80. The Morgan fingerprint density at radius 3 is 1.89 bits per heavy atom. The first-order chi connectivity index (χ1) is 34.6. The Balaban J connectivity index is 0.00000574. The normalized spacial score (nSPS) is 12.9. The smallest absolute Gasteiger partial charge is 0.503 e. The van der Waals surface area contributed by atoms with Gasteiger partial charge in [-0.15, -0.1) is 23.6 Å². The van der Waals surface area contributed by atoms with E-state index in [9.17, 15) is 0 Å². The third-order valence-electron chi connectivity index (χ3n) is 15.1. The largest absolute Gasteiger partial charge is 2.00 e. The molecule has 0 amide bonds. The fourth-order valence-electron chi connectivity index (χ4n) is 11.6. The first-order valence-electron chi connectivity index (χ1n) is 25.6. The predicted octanol–water partition coefficient (Wildman–Crippen LogP) is 15.9. The van der Waals surface area contributed by atoms with Crippen LogP contribution in [0.1, 0.15) is 103 Å². The molecule has 12 rings (SSSR count). The van der Waals surface area contributed by atoms with Crippen LogP contribution in [0.3, 0.4) is 0 Å². The molecule has 0 radical (unpaired) electrons. The Hall–Kier alpha value is -6.95. The van der Waals surface area contributed by atoms with E-state index in [4.69, 9.17) is 14.7 Å². The summed E-state index contributed by atoms with van der Waals surface area (Å²) in [6.07, 6.45) is 1.91. The van der Waals surface area contributed by atoms with Gasteiger partial charge in [-0.2, -0.15) is 6.07 Å². The number of hydrogen-bond donors (Lipinski definition) is 0. The van der Waals surface area contributed by atoms with Crippen LogP contribution in [-0.2, 0) is 31.9 Å². The van der Waals surface area contributed by atoms with Gasteiger partial charge in [0, 0.05) is 40.2 Å². The maximum Gasteiger partial charge on any atom is 2.00 e. The minimum atomic E-state index is -0.240. The van der Waals surface area contributed by atoms with E-state index in [-0.39, 0.29) is 50.7 Å². The molecule has 0 bridgehead atoms. The molecule has 0 spiro atoms. The van der Waals surface area contributed by atoms with E-state index in [0.717, 1.165) is 61.7 Å². The summed E-state index contributed by atoms with van der Waals surface area (Å²) in [5, 5.41) is 2.22. The van der Waals surface area contributed by atoms with E-state index in [1.807, 2.05) is 12.3 Å². The summed E-state index contributed by atoms with van der Waals surface area (Å²) in [5.74, 6) is 3.45. The van der Waals surface area contributed by atoms with Crippen LogP contribution in [0.2, 0.25) is 0 Å². The Kier molecular flexibility index (Phi) is 11.9. The van der Waals surface area contributed by atoms with Crippen LogP contribution in [0.15, 0.2) is 152 Å². The number of hydrogen-bond acceptors (Lipinski definition) is 4. The summed E-state index contributed by atoms with van der Waals surface area (Å²) in [4.78, 5) is 13.4. The second kappa shape index (κ2) is 17.9. The first-order valence-corrected chi connectivity index (χ1v) is 25.6. The van der Waals surface area contributed by atoms with Crippen molar-refractivity contribution in [3.05, 3.63) is 186 Å². The van der Waals surface area contributed by atoms with Crippen LogP contribution in [0, 0.1) is 12.1 Å². The molecule has 73 heavy (non-hydrogen) atoms. The van der Waals surface area contributed by atoms with Gasteiger partial charge < -0.3 is 18.6 Å². The maximum atomic E-state index is 6.94. The Morgan fingerprint density at radius 1 is 0.603 bits per heavy atom. The summed E-state index contributed by atoms with van der Waals surface area (Å²) >= 11 is 0. The number of ether oxygens (including phenoxy) is 1. The second-order valence-corrected chi connectivity index (χ2v) is 22.5. The van der Waals surface area contributed by atoms with Gasteiger partial charge in [-0.05, 0) is 103 Å². The van der Waals surface area contributed by atoms with E-state index in [0.29, 0.717) is 11.5 Å². The molecule has 7 aromatic carbocycles. The van der Waals surface area contributed by atoms with Crippen molar-refractivity contribution < 1.29 is 25.8 Å². The molecule has 364 valence electrons. The van der Waals surface area contributed by atoms with Crippen LogP contribution in [0.25, 0.3) is 83.8 Å². The number of anilines is 1. The predicted molar refractivity (Wildman–Crippen MR) is 300 cm³/mol. The Labute approximate surface area is 445 Å². The molecule has 0 atom stereocenters. The van der Waals surface area contributed by atoms with Gasteiger partial charge in [-0.3, -0.25) is 4.98 Å². The Morgan fingerprint density at radius 2 is 1.21 bits per heavy atom. The van der Waals surface area contributed by atoms with Gasteiger partial charge in [-0.1, -0.05) is 201 Å². The molecule has 0 saturated heterocycles. The number of benzene rings is 7. The molecule has 4 heterocycles. The minimum absolute atomic E-state index is 0. The standard InChI is InChI=1S/C65H60BN5O.Pt/c1-39(2)44-25-18-26-45(40(3)4)60(44)66-69(11)55-33-31-42(72-43-30-32-50-49-23-16-17-29-56(49)70(57(50)38-43)58-36-41(34-35-67-58)64(5,6)7)37-53(55)63-68-61-59-51(27-19-28-54(59)65(8,9)10)47-21-13-12-20-46(47)48-22-14-15-24-52(48)62(61)71(63)66;/h12-36,39-40H,1-11H3;/q-2;+2. The monoisotopic (exact) mass is 1130 g/mol. The number of nitrogens with zero attached hydrogens (tertiary/aromatic N) is 5. The zero-order valence-electron chi connectivity index (χ0n) is 43.6. The van der Waals surface area contributed by atoms with Crippen LogP contribution in [-0.4, -0.2) is 33.0 Å². The summed E-state index contributed by atoms with van der Waals surface area (Å²) < 4.78 is 11.7. The van der Waals surface area contributed by atoms with Crippen molar-refractivity contribution in [2.75, 3.05) is 11.9 Å². The Bertz CT molecular complexity index is 3780. The number of imidazole rings is 1. The molecular weight excluding hydrogens is 1070 g/mol. The topological polar surface area (TPSA) is 48.1 Å². The molecule has 1 aliphatic carbocycles. The average molecular weight is 1130 g/mol. The number of aromatic nitrogens is 4. The van der Waals surface area contributed by atoms with Crippen LogP contribution in [0.4, 0.5) is 5.69 Å². The fraction of sp³-hybridized carbons (Fsp3) is 0.231. The molecule has 0 unspecified atom stereocenters. The number of pyridine rings is 1. The molecule has 8 heteroatoms. The van der Waals surface area contributed by atoms with Crippen LogP contribution in [0.5, 0.6) is 11.5 Å². The van der Waals surface area contributed by atoms with E-state index in [1.54, 1.807) is 0 Å². The zero-order chi connectivity index (χ0) is 50.0. The SMILES string of the molecule is CC(C)c1cccc(C(C)C)c1B1N(C)c2ccc(Oc3[c-]c4c(cc3)c3ccccc3n4-c3cc(C(C)(C)C)ccn3)[c-]c2-c2nc3c(n21)-c1ccccc1-c1ccccc1-c1cccc(C(C)(C)C)c1-3.[Pt+2]. The van der Waals surface area contributed by atoms with E-state index < -0.39 is 0 Å². The van der Waals surface area contributed by atoms with Crippen molar-refractivity contribution in [2.45, 2.75) is 91.9 Å². The molecular formula is C65H60BN5OPt. The van der Waals surface area contributed by atoms with Crippen molar-refractivity contribution in [3.8, 4) is 73.5 Å².